The number of nitrogens with one attached hydrogen (secondary N) is 1. The molecule has 1 aromatic rings. The summed E-state index contributed by atoms with van der Waals surface area (Å²) in [5.41, 5.74) is 5.39. The van der Waals surface area contributed by atoms with Crippen LogP contribution in [-0.4, -0.2) is 17.1 Å². The molecule has 5 nitrogen and oxygen atoms in total. The first-order valence-corrected chi connectivity index (χ1v) is 4.39. The summed E-state index contributed by atoms with van der Waals surface area (Å²) in [7, 11) is 0. The second kappa shape index (κ2) is 4.66. The molecule has 0 saturated heterocycles. The third-order valence-electron chi connectivity index (χ3n) is 1.94. The van der Waals surface area contributed by atoms with Gasteiger partial charge in [0.25, 0.3) is 0 Å². The number of rotatable bonds is 4. The minimum atomic E-state index is -0.176. The number of amidine groups is 1. The Kier molecular flexibility index (Phi) is 3.53. The molecule has 4 N–H and O–H groups in total. The molecule has 0 amide bonds. The van der Waals surface area contributed by atoms with Crippen molar-refractivity contribution in [2.75, 3.05) is 0 Å². The van der Waals surface area contributed by atoms with Gasteiger partial charge >= 0.3 is 0 Å². The second-order valence-corrected chi connectivity index (χ2v) is 3.14. The van der Waals surface area contributed by atoms with Gasteiger partial charge in [-0.05, 0) is 26.0 Å². The average molecular weight is 197 g/mol. The van der Waals surface area contributed by atoms with E-state index >= 15 is 0 Å². The van der Waals surface area contributed by atoms with Gasteiger partial charge in [0.15, 0.2) is 5.84 Å². The van der Waals surface area contributed by atoms with Gasteiger partial charge in [0.2, 0.25) is 0 Å². The van der Waals surface area contributed by atoms with Gasteiger partial charge in [0.1, 0.15) is 11.5 Å². The van der Waals surface area contributed by atoms with Gasteiger partial charge < -0.3 is 20.7 Å². The van der Waals surface area contributed by atoms with Crippen molar-refractivity contribution in [3.05, 3.63) is 23.7 Å². The monoisotopic (exact) mass is 197 g/mol. The summed E-state index contributed by atoms with van der Waals surface area (Å²) < 4.78 is 5.34. The van der Waals surface area contributed by atoms with Gasteiger partial charge in [0, 0.05) is 0 Å². The summed E-state index contributed by atoms with van der Waals surface area (Å²) in [6.45, 7) is 4.26. The summed E-state index contributed by atoms with van der Waals surface area (Å²) in [4.78, 5) is 0. The smallest absolute Gasteiger partial charge is 0.156 e. The first-order chi connectivity index (χ1) is 6.63. The van der Waals surface area contributed by atoms with Crippen LogP contribution in [-0.2, 0) is 6.54 Å². The lowest BCUT2D eigenvalue weighted by Crippen LogP contribution is -2.38. The van der Waals surface area contributed by atoms with E-state index in [0.717, 1.165) is 11.5 Å². The van der Waals surface area contributed by atoms with Crippen LogP contribution in [0.25, 0.3) is 0 Å². The quantitative estimate of drug-likeness (QED) is 0.289. The number of hydrogen-bond donors (Lipinski definition) is 3. The first-order valence-electron chi connectivity index (χ1n) is 4.39. The lowest BCUT2D eigenvalue weighted by atomic mass is 10.3. The molecular weight excluding hydrogens is 182 g/mol. The van der Waals surface area contributed by atoms with Crippen molar-refractivity contribution in [2.24, 2.45) is 10.9 Å². The maximum atomic E-state index is 8.41. The average Bonchev–Trinajstić information content (AvgIpc) is 2.59. The maximum absolute atomic E-state index is 8.41. The normalized spacial score (nSPS) is 14.3. The topological polar surface area (TPSA) is 83.8 Å². The van der Waals surface area contributed by atoms with E-state index in [1.165, 1.54) is 0 Å². The van der Waals surface area contributed by atoms with Crippen molar-refractivity contribution in [2.45, 2.75) is 26.4 Å². The van der Waals surface area contributed by atoms with E-state index in [2.05, 4.69) is 10.5 Å². The van der Waals surface area contributed by atoms with E-state index in [9.17, 15) is 0 Å². The highest BCUT2D eigenvalue weighted by Crippen LogP contribution is 2.05. The highest BCUT2D eigenvalue weighted by atomic mass is 16.4. The fourth-order valence-electron chi connectivity index (χ4n) is 1.02. The minimum absolute atomic E-state index is 0.160. The molecule has 0 spiro atoms. The van der Waals surface area contributed by atoms with Crippen LogP contribution < -0.4 is 11.1 Å². The van der Waals surface area contributed by atoms with E-state index in [-0.39, 0.29) is 11.9 Å². The zero-order valence-electron chi connectivity index (χ0n) is 8.32. The number of nitrogens with two attached hydrogens (primary N) is 1. The Morgan fingerprint density at radius 2 is 2.43 bits per heavy atom. The number of nitrogens with zero attached hydrogens (tertiary/aromatic N) is 1. The van der Waals surface area contributed by atoms with Crippen molar-refractivity contribution >= 4 is 5.84 Å². The highest BCUT2D eigenvalue weighted by Gasteiger charge is 2.07. The number of furan rings is 1. The minimum Gasteiger partial charge on any atom is -0.465 e. The fourth-order valence-corrected chi connectivity index (χ4v) is 1.02. The SMILES string of the molecule is Cc1ccc(CNC(C)C(N)=NO)o1. The molecule has 0 bridgehead atoms. The molecule has 0 radical (unpaired) electrons. The molecule has 1 atom stereocenters. The molecule has 0 fully saturated rings. The molecule has 0 saturated carbocycles. The number of hydrogen-bond acceptors (Lipinski definition) is 4. The van der Waals surface area contributed by atoms with Crippen molar-refractivity contribution in [1.29, 1.82) is 0 Å². The lowest BCUT2D eigenvalue weighted by molar-refractivity contribution is 0.314. The molecule has 1 unspecified atom stereocenters. The van der Waals surface area contributed by atoms with E-state index in [4.69, 9.17) is 15.4 Å². The van der Waals surface area contributed by atoms with Gasteiger partial charge in [-0.1, -0.05) is 5.16 Å². The Hall–Kier alpha value is -1.49. The number of oxime groups is 1. The van der Waals surface area contributed by atoms with Crippen LogP contribution >= 0.6 is 0 Å². The maximum Gasteiger partial charge on any atom is 0.156 e. The lowest BCUT2D eigenvalue weighted by Gasteiger charge is -2.10. The molecular formula is C9H15N3O2. The van der Waals surface area contributed by atoms with E-state index in [1.54, 1.807) is 0 Å². The highest BCUT2D eigenvalue weighted by molar-refractivity contribution is 5.84. The van der Waals surface area contributed by atoms with Crippen LogP contribution in [0.1, 0.15) is 18.4 Å². The van der Waals surface area contributed by atoms with Crippen LogP contribution in [0, 0.1) is 6.92 Å². The molecule has 1 rings (SSSR count). The number of aryl methyl sites for hydroxylation is 1. The van der Waals surface area contributed by atoms with Gasteiger partial charge in [0.05, 0.1) is 12.6 Å². The Balaban J connectivity index is 2.41. The molecule has 1 aromatic heterocycles. The Bertz CT molecular complexity index is 320. The largest absolute Gasteiger partial charge is 0.465 e. The molecule has 0 aliphatic heterocycles. The summed E-state index contributed by atoms with van der Waals surface area (Å²) in [5.74, 6) is 1.87. The predicted octanol–water partition coefficient (Wildman–Crippen LogP) is 0.813. The van der Waals surface area contributed by atoms with Crippen molar-refractivity contribution in [1.82, 2.24) is 5.32 Å². The van der Waals surface area contributed by atoms with E-state index in [0.29, 0.717) is 6.54 Å². The standard InChI is InChI=1S/C9H15N3O2/c1-6-3-4-8(14-6)5-11-7(2)9(10)12-13/h3-4,7,11,13H,5H2,1-2H3,(H2,10,12). The molecule has 78 valence electrons. The van der Waals surface area contributed by atoms with Crippen LogP contribution in [0.4, 0.5) is 0 Å². The molecule has 0 aliphatic rings. The molecule has 5 heteroatoms. The third-order valence-corrected chi connectivity index (χ3v) is 1.94. The molecule has 0 aliphatic carbocycles. The molecule has 0 aromatic carbocycles. The summed E-state index contributed by atoms with van der Waals surface area (Å²) in [5, 5.41) is 14.4. The van der Waals surface area contributed by atoms with Gasteiger partial charge in [-0.15, -0.1) is 0 Å². The Morgan fingerprint density at radius 1 is 1.71 bits per heavy atom. The third kappa shape index (κ3) is 2.77. The van der Waals surface area contributed by atoms with Gasteiger partial charge in [-0.3, -0.25) is 0 Å². The Morgan fingerprint density at radius 3 is 2.93 bits per heavy atom. The van der Waals surface area contributed by atoms with Crippen LogP contribution in [0.5, 0.6) is 0 Å². The van der Waals surface area contributed by atoms with Crippen molar-refractivity contribution < 1.29 is 9.62 Å². The zero-order valence-corrected chi connectivity index (χ0v) is 8.32. The van der Waals surface area contributed by atoms with Crippen LogP contribution in [0.3, 0.4) is 0 Å². The van der Waals surface area contributed by atoms with Gasteiger partial charge in [-0.25, -0.2) is 0 Å². The molecule has 1 heterocycles. The summed E-state index contributed by atoms with van der Waals surface area (Å²) in [6.07, 6.45) is 0. The van der Waals surface area contributed by atoms with E-state index in [1.807, 2.05) is 26.0 Å². The second-order valence-electron chi connectivity index (χ2n) is 3.14. The van der Waals surface area contributed by atoms with Crippen LogP contribution in [0.15, 0.2) is 21.7 Å². The summed E-state index contributed by atoms with van der Waals surface area (Å²) in [6, 6.07) is 3.61. The first kappa shape index (κ1) is 10.6. The predicted molar refractivity (Wildman–Crippen MR) is 53.2 cm³/mol. The van der Waals surface area contributed by atoms with Crippen molar-refractivity contribution in [3.63, 3.8) is 0 Å². The van der Waals surface area contributed by atoms with Gasteiger partial charge in [-0.2, -0.15) is 0 Å². The van der Waals surface area contributed by atoms with Crippen LogP contribution in [0.2, 0.25) is 0 Å². The van der Waals surface area contributed by atoms with E-state index < -0.39 is 0 Å². The molecule has 14 heavy (non-hydrogen) atoms. The van der Waals surface area contributed by atoms with Crippen molar-refractivity contribution in [3.8, 4) is 0 Å². The summed E-state index contributed by atoms with van der Waals surface area (Å²) >= 11 is 0. The Labute approximate surface area is 82.6 Å². The zero-order chi connectivity index (χ0) is 10.6. The fraction of sp³-hybridized carbons (Fsp3) is 0.444.